The van der Waals surface area contributed by atoms with Crippen molar-refractivity contribution in [3.8, 4) is 10.6 Å². The van der Waals surface area contributed by atoms with Crippen molar-refractivity contribution in [3.05, 3.63) is 81.2 Å². The Labute approximate surface area is 193 Å². The first-order valence-corrected chi connectivity index (χ1v) is 11.3. The quantitative estimate of drug-likeness (QED) is 0.284. The van der Waals surface area contributed by atoms with Gasteiger partial charge in [-0.1, -0.05) is 40.2 Å². The van der Waals surface area contributed by atoms with Crippen LogP contribution in [-0.2, 0) is 0 Å². The second-order valence-corrected chi connectivity index (χ2v) is 9.27. The number of thiocarbonyl (C=S) groups is 1. The minimum atomic E-state index is -0.284. The van der Waals surface area contributed by atoms with Gasteiger partial charge in [-0.15, -0.1) is 11.3 Å². The van der Waals surface area contributed by atoms with Crippen LogP contribution < -0.4 is 10.6 Å². The zero-order valence-corrected chi connectivity index (χ0v) is 19.6. The van der Waals surface area contributed by atoms with Crippen LogP contribution in [0.15, 0.2) is 75.7 Å². The zero-order chi connectivity index (χ0) is 20.4. The van der Waals surface area contributed by atoms with Crippen LogP contribution >= 0.6 is 55.4 Å². The van der Waals surface area contributed by atoms with E-state index in [1.165, 1.54) is 0 Å². The van der Waals surface area contributed by atoms with Gasteiger partial charge < -0.3 is 5.32 Å². The largest absolute Gasteiger partial charge is 0.332 e. The van der Waals surface area contributed by atoms with Crippen molar-refractivity contribution in [1.82, 2.24) is 10.3 Å². The van der Waals surface area contributed by atoms with Gasteiger partial charge in [0.1, 0.15) is 5.01 Å². The second-order valence-electron chi connectivity index (χ2n) is 6.06. The number of hydrogen-bond donors (Lipinski definition) is 2. The standard InChI is InChI=1S/C21H13Br2N3OS2/c22-12-9-10-16(14(11-12)20-24-17-7-3-4-8-18(17)29-20)25-21(28)26-19(27)13-5-1-2-6-15(13)23/h1-11H,(H2,25,26,27,28). The van der Waals surface area contributed by atoms with Crippen LogP contribution in [0, 0.1) is 0 Å². The molecule has 0 saturated carbocycles. The van der Waals surface area contributed by atoms with Crippen LogP contribution in [0.2, 0.25) is 0 Å². The van der Waals surface area contributed by atoms with Crippen LogP contribution in [0.25, 0.3) is 20.8 Å². The summed E-state index contributed by atoms with van der Waals surface area (Å²) >= 11 is 13.9. The number of fused-ring (bicyclic) bond motifs is 1. The van der Waals surface area contributed by atoms with E-state index in [9.17, 15) is 4.79 Å². The predicted molar refractivity (Wildman–Crippen MR) is 131 cm³/mol. The summed E-state index contributed by atoms with van der Waals surface area (Å²) in [5, 5.41) is 6.95. The average molecular weight is 547 g/mol. The van der Waals surface area contributed by atoms with Crippen molar-refractivity contribution in [3.63, 3.8) is 0 Å². The number of nitrogens with one attached hydrogen (secondary N) is 2. The molecular formula is C21H13Br2N3OS2. The number of nitrogens with zero attached hydrogens (tertiary/aromatic N) is 1. The SMILES string of the molecule is O=C(NC(=S)Nc1ccc(Br)cc1-c1nc2ccccc2s1)c1ccccc1Br. The molecule has 1 amide bonds. The Kier molecular flexibility index (Phi) is 6.05. The molecule has 4 rings (SSSR count). The number of carbonyl (C=O) groups excluding carboxylic acids is 1. The number of aromatic nitrogens is 1. The van der Waals surface area contributed by atoms with Gasteiger partial charge in [-0.2, -0.15) is 0 Å². The Balaban J connectivity index is 1.60. The van der Waals surface area contributed by atoms with Gasteiger partial charge in [0, 0.05) is 14.5 Å². The predicted octanol–water partition coefficient (Wildman–Crippen LogP) is 6.62. The molecule has 0 atom stereocenters. The molecule has 0 radical (unpaired) electrons. The number of hydrogen-bond acceptors (Lipinski definition) is 4. The summed E-state index contributed by atoms with van der Waals surface area (Å²) in [5.74, 6) is -0.284. The number of halogens is 2. The van der Waals surface area contributed by atoms with E-state index in [4.69, 9.17) is 17.2 Å². The average Bonchev–Trinajstić information content (AvgIpc) is 3.13. The van der Waals surface area contributed by atoms with Gasteiger partial charge in [0.25, 0.3) is 5.91 Å². The Hall–Kier alpha value is -2.13. The van der Waals surface area contributed by atoms with Crippen molar-refractivity contribution in [2.24, 2.45) is 0 Å². The highest BCUT2D eigenvalue weighted by atomic mass is 79.9. The third kappa shape index (κ3) is 4.56. The third-order valence-corrected chi connectivity index (χ3v) is 6.56. The highest BCUT2D eigenvalue weighted by Crippen LogP contribution is 2.36. The molecule has 1 heterocycles. The summed E-state index contributed by atoms with van der Waals surface area (Å²) in [5.41, 5.74) is 3.13. The van der Waals surface area contributed by atoms with Gasteiger partial charge in [-0.25, -0.2) is 4.98 Å². The van der Waals surface area contributed by atoms with E-state index in [2.05, 4.69) is 42.5 Å². The van der Waals surface area contributed by atoms with Crippen LogP contribution in [0.4, 0.5) is 5.69 Å². The van der Waals surface area contributed by atoms with Crippen LogP contribution in [0.1, 0.15) is 10.4 Å². The lowest BCUT2D eigenvalue weighted by atomic mass is 10.2. The molecule has 0 fully saturated rings. The van der Waals surface area contributed by atoms with E-state index < -0.39 is 0 Å². The molecule has 0 saturated heterocycles. The number of rotatable bonds is 3. The first kappa shape index (κ1) is 20.2. The number of para-hydroxylation sites is 1. The minimum absolute atomic E-state index is 0.218. The number of thiazole rings is 1. The first-order valence-electron chi connectivity index (χ1n) is 8.53. The molecule has 1 aromatic heterocycles. The maximum atomic E-state index is 12.5. The zero-order valence-electron chi connectivity index (χ0n) is 14.8. The van der Waals surface area contributed by atoms with Gasteiger partial charge in [0.05, 0.1) is 21.5 Å². The van der Waals surface area contributed by atoms with Crippen LogP contribution in [0.3, 0.4) is 0 Å². The Morgan fingerprint density at radius 2 is 1.76 bits per heavy atom. The first-order chi connectivity index (χ1) is 14.0. The van der Waals surface area contributed by atoms with E-state index in [0.29, 0.717) is 10.0 Å². The fourth-order valence-electron chi connectivity index (χ4n) is 2.76. The lowest BCUT2D eigenvalue weighted by Gasteiger charge is -2.13. The van der Waals surface area contributed by atoms with Gasteiger partial charge >= 0.3 is 0 Å². The lowest BCUT2D eigenvalue weighted by molar-refractivity contribution is 0.0977. The van der Waals surface area contributed by atoms with E-state index in [1.807, 2.05) is 54.6 Å². The fourth-order valence-corrected chi connectivity index (χ4v) is 4.78. The van der Waals surface area contributed by atoms with Gasteiger partial charge in [-0.3, -0.25) is 10.1 Å². The molecule has 0 bridgehead atoms. The summed E-state index contributed by atoms with van der Waals surface area (Å²) in [6.45, 7) is 0. The highest BCUT2D eigenvalue weighted by molar-refractivity contribution is 9.10. The van der Waals surface area contributed by atoms with Gasteiger partial charge in [0.15, 0.2) is 5.11 Å². The maximum Gasteiger partial charge on any atom is 0.258 e. The molecule has 0 spiro atoms. The topological polar surface area (TPSA) is 54.0 Å². The van der Waals surface area contributed by atoms with E-state index in [0.717, 1.165) is 30.9 Å². The van der Waals surface area contributed by atoms with Crippen molar-refractivity contribution in [1.29, 1.82) is 0 Å². The summed E-state index contributed by atoms with van der Waals surface area (Å²) in [6, 6.07) is 21.0. The molecule has 0 aliphatic rings. The summed E-state index contributed by atoms with van der Waals surface area (Å²) < 4.78 is 2.75. The maximum absolute atomic E-state index is 12.5. The molecule has 3 aromatic carbocycles. The highest BCUT2D eigenvalue weighted by Gasteiger charge is 2.15. The smallest absolute Gasteiger partial charge is 0.258 e. The van der Waals surface area contributed by atoms with Crippen molar-refractivity contribution in [2.75, 3.05) is 5.32 Å². The molecule has 4 nitrogen and oxygen atoms in total. The van der Waals surface area contributed by atoms with Crippen LogP contribution in [0.5, 0.6) is 0 Å². The van der Waals surface area contributed by atoms with E-state index in [1.54, 1.807) is 23.5 Å². The molecule has 0 aliphatic heterocycles. The molecule has 4 aromatic rings. The van der Waals surface area contributed by atoms with Crippen molar-refractivity contribution >= 4 is 82.3 Å². The van der Waals surface area contributed by atoms with Crippen LogP contribution in [-0.4, -0.2) is 16.0 Å². The molecular weight excluding hydrogens is 534 g/mol. The summed E-state index contributed by atoms with van der Waals surface area (Å²) in [7, 11) is 0. The second kappa shape index (κ2) is 8.71. The molecule has 0 unspecified atom stereocenters. The van der Waals surface area contributed by atoms with Crippen molar-refractivity contribution < 1.29 is 4.79 Å². The Bertz CT molecular complexity index is 1210. The number of anilines is 1. The van der Waals surface area contributed by atoms with E-state index >= 15 is 0 Å². The Morgan fingerprint density at radius 1 is 1.00 bits per heavy atom. The summed E-state index contributed by atoms with van der Waals surface area (Å²) in [6.07, 6.45) is 0. The minimum Gasteiger partial charge on any atom is -0.332 e. The number of carbonyl (C=O) groups is 1. The molecule has 0 aliphatic carbocycles. The molecule has 8 heteroatoms. The molecule has 29 heavy (non-hydrogen) atoms. The fraction of sp³-hybridized carbons (Fsp3) is 0. The lowest BCUT2D eigenvalue weighted by Crippen LogP contribution is -2.34. The van der Waals surface area contributed by atoms with Gasteiger partial charge in [-0.05, 0) is 70.6 Å². The monoisotopic (exact) mass is 545 g/mol. The summed E-state index contributed by atoms with van der Waals surface area (Å²) in [4.78, 5) is 17.2. The van der Waals surface area contributed by atoms with E-state index in [-0.39, 0.29) is 11.0 Å². The third-order valence-electron chi connectivity index (χ3n) is 4.10. The normalized spacial score (nSPS) is 10.7. The number of benzene rings is 3. The molecule has 2 N–H and O–H groups in total. The number of amides is 1. The Morgan fingerprint density at radius 3 is 2.55 bits per heavy atom. The molecule has 144 valence electrons. The van der Waals surface area contributed by atoms with Gasteiger partial charge in [0.2, 0.25) is 0 Å². The van der Waals surface area contributed by atoms with Crippen molar-refractivity contribution in [2.45, 2.75) is 0 Å².